The van der Waals surface area contributed by atoms with Gasteiger partial charge in [0.2, 0.25) is 0 Å². The lowest BCUT2D eigenvalue weighted by Crippen LogP contribution is -2.12. The van der Waals surface area contributed by atoms with Crippen LogP contribution >= 0.6 is 0 Å². The zero-order chi connectivity index (χ0) is 12.8. The topological polar surface area (TPSA) is 39.1 Å². The molecule has 2 rings (SSSR count). The number of ether oxygens (including phenoxy) is 1. The largest absolute Gasteiger partial charge is 0.380 e. The zero-order valence-corrected chi connectivity index (χ0v) is 10.9. The predicted molar refractivity (Wildman–Crippen MR) is 70.9 cm³/mol. The summed E-state index contributed by atoms with van der Waals surface area (Å²) in [5.74, 6) is 0. The van der Waals surface area contributed by atoms with Crippen molar-refractivity contribution in [2.24, 2.45) is 7.05 Å². The third-order valence-electron chi connectivity index (χ3n) is 2.75. The molecule has 0 aliphatic heterocycles. The van der Waals surface area contributed by atoms with Crippen molar-refractivity contribution in [2.75, 3.05) is 7.11 Å². The first kappa shape index (κ1) is 12.8. The Morgan fingerprint density at radius 3 is 2.39 bits per heavy atom. The molecular weight excluding hydrogens is 226 g/mol. The second-order valence-corrected chi connectivity index (χ2v) is 4.38. The highest BCUT2D eigenvalue weighted by atomic mass is 16.5. The summed E-state index contributed by atoms with van der Waals surface area (Å²) in [6.07, 6.45) is 3.91. The molecule has 4 nitrogen and oxygen atoms in total. The van der Waals surface area contributed by atoms with Crippen molar-refractivity contribution in [2.45, 2.75) is 19.7 Å². The fourth-order valence-corrected chi connectivity index (χ4v) is 1.83. The Hall–Kier alpha value is -1.65. The van der Waals surface area contributed by atoms with E-state index in [1.165, 1.54) is 16.7 Å². The van der Waals surface area contributed by atoms with E-state index in [2.05, 4.69) is 34.7 Å². The molecule has 18 heavy (non-hydrogen) atoms. The fraction of sp³-hybridized carbons (Fsp3) is 0.357. The third kappa shape index (κ3) is 3.68. The van der Waals surface area contributed by atoms with Crippen LogP contribution in [0.1, 0.15) is 16.7 Å². The molecule has 0 saturated carbocycles. The van der Waals surface area contributed by atoms with Gasteiger partial charge in [0.15, 0.2) is 0 Å². The first-order valence-corrected chi connectivity index (χ1v) is 6.03. The summed E-state index contributed by atoms with van der Waals surface area (Å²) in [7, 11) is 3.64. The Balaban J connectivity index is 1.79. The second kappa shape index (κ2) is 6.33. The van der Waals surface area contributed by atoms with Gasteiger partial charge in [-0.2, -0.15) is 5.10 Å². The van der Waals surface area contributed by atoms with Crippen LogP contribution in [-0.2, 0) is 31.5 Å². The molecule has 1 heterocycles. The van der Waals surface area contributed by atoms with Gasteiger partial charge in [0, 0.05) is 39.0 Å². The Bertz CT molecular complexity index is 476. The van der Waals surface area contributed by atoms with E-state index in [9.17, 15) is 0 Å². The lowest BCUT2D eigenvalue weighted by molar-refractivity contribution is 0.185. The van der Waals surface area contributed by atoms with Gasteiger partial charge in [0.1, 0.15) is 0 Å². The van der Waals surface area contributed by atoms with E-state index in [4.69, 9.17) is 4.74 Å². The molecule has 1 aromatic carbocycles. The molecule has 4 heteroatoms. The van der Waals surface area contributed by atoms with Crippen LogP contribution in [0.15, 0.2) is 36.7 Å². The van der Waals surface area contributed by atoms with Crippen LogP contribution in [0.2, 0.25) is 0 Å². The maximum absolute atomic E-state index is 5.08. The molecule has 0 spiro atoms. The molecule has 0 saturated heterocycles. The normalized spacial score (nSPS) is 10.8. The van der Waals surface area contributed by atoms with E-state index in [1.54, 1.807) is 7.11 Å². The zero-order valence-electron chi connectivity index (χ0n) is 10.9. The minimum absolute atomic E-state index is 0.670. The highest BCUT2D eigenvalue weighted by molar-refractivity contribution is 5.22. The van der Waals surface area contributed by atoms with Gasteiger partial charge in [-0.3, -0.25) is 4.68 Å². The second-order valence-electron chi connectivity index (χ2n) is 4.38. The standard InChI is InChI=1S/C14H19N3O/c1-17-10-14(9-16-17)8-15-7-12-3-5-13(6-4-12)11-18-2/h3-6,9-10,15H,7-8,11H2,1-2H3. The Morgan fingerprint density at radius 1 is 1.11 bits per heavy atom. The lowest BCUT2D eigenvalue weighted by Gasteiger charge is -2.05. The average molecular weight is 245 g/mol. The number of aromatic nitrogens is 2. The molecule has 96 valence electrons. The van der Waals surface area contributed by atoms with E-state index in [0.29, 0.717) is 6.61 Å². The number of nitrogens with zero attached hydrogens (tertiary/aromatic N) is 2. The smallest absolute Gasteiger partial charge is 0.0713 e. The van der Waals surface area contributed by atoms with Gasteiger partial charge in [-0.1, -0.05) is 24.3 Å². The van der Waals surface area contributed by atoms with Crippen LogP contribution in [0.3, 0.4) is 0 Å². The fourth-order valence-electron chi connectivity index (χ4n) is 1.83. The molecule has 1 aromatic heterocycles. The van der Waals surface area contributed by atoms with Crippen molar-refractivity contribution >= 4 is 0 Å². The first-order valence-electron chi connectivity index (χ1n) is 6.03. The third-order valence-corrected chi connectivity index (χ3v) is 2.75. The summed E-state index contributed by atoms with van der Waals surface area (Å²) >= 11 is 0. The van der Waals surface area contributed by atoms with E-state index in [1.807, 2.05) is 24.1 Å². The van der Waals surface area contributed by atoms with Crippen molar-refractivity contribution in [3.05, 3.63) is 53.3 Å². The van der Waals surface area contributed by atoms with Crippen LogP contribution < -0.4 is 5.32 Å². The SMILES string of the molecule is COCc1ccc(CNCc2cnn(C)c2)cc1. The molecule has 0 bridgehead atoms. The summed E-state index contributed by atoms with van der Waals surface area (Å²) in [5, 5.41) is 7.54. The van der Waals surface area contributed by atoms with E-state index < -0.39 is 0 Å². The van der Waals surface area contributed by atoms with Gasteiger partial charge in [0.05, 0.1) is 12.8 Å². The maximum Gasteiger partial charge on any atom is 0.0713 e. The summed E-state index contributed by atoms with van der Waals surface area (Å²) in [6.45, 7) is 2.37. The van der Waals surface area contributed by atoms with Crippen molar-refractivity contribution < 1.29 is 4.74 Å². The van der Waals surface area contributed by atoms with E-state index in [0.717, 1.165) is 13.1 Å². The average Bonchev–Trinajstić information content (AvgIpc) is 2.78. The van der Waals surface area contributed by atoms with Crippen molar-refractivity contribution in [1.82, 2.24) is 15.1 Å². The van der Waals surface area contributed by atoms with Gasteiger partial charge in [-0.25, -0.2) is 0 Å². The molecule has 0 unspecified atom stereocenters. The Labute approximate surface area is 108 Å². The quantitative estimate of drug-likeness (QED) is 0.844. The van der Waals surface area contributed by atoms with Crippen LogP contribution in [0, 0.1) is 0 Å². The molecule has 0 radical (unpaired) electrons. The van der Waals surface area contributed by atoms with Crippen molar-refractivity contribution in [3.63, 3.8) is 0 Å². The molecule has 0 atom stereocenters. The number of methoxy groups -OCH3 is 1. The van der Waals surface area contributed by atoms with Gasteiger partial charge in [0.25, 0.3) is 0 Å². The number of benzene rings is 1. The number of nitrogens with one attached hydrogen (secondary N) is 1. The molecule has 0 fully saturated rings. The molecule has 0 aliphatic carbocycles. The number of hydrogen-bond acceptors (Lipinski definition) is 3. The molecule has 2 aromatic rings. The molecule has 0 amide bonds. The summed E-state index contributed by atoms with van der Waals surface area (Å²) in [4.78, 5) is 0. The molecule has 0 aliphatic rings. The first-order chi connectivity index (χ1) is 8.78. The van der Waals surface area contributed by atoms with Gasteiger partial charge in [-0.15, -0.1) is 0 Å². The number of rotatable bonds is 6. The lowest BCUT2D eigenvalue weighted by atomic mass is 10.1. The van der Waals surface area contributed by atoms with Crippen LogP contribution in [0.5, 0.6) is 0 Å². The van der Waals surface area contributed by atoms with E-state index >= 15 is 0 Å². The molecular formula is C14H19N3O. The van der Waals surface area contributed by atoms with E-state index in [-0.39, 0.29) is 0 Å². The van der Waals surface area contributed by atoms with Crippen molar-refractivity contribution in [1.29, 1.82) is 0 Å². The number of aryl methyl sites for hydroxylation is 1. The summed E-state index contributed by atoms with van der Waals surface area (Å²) in [5.41, 5.74) is 3.68. The maximum atomic E-state index is 5.08. The highest BCUT2D eigenvalue weighted by Crippen LogP contribution is 2.05. The minimum Gasteiger partial charge on any atom is -0.380 e. The van der Waals surface area contributed by atoms with Gasteiger partial charge in [-0.05, 0) is 11.1 Å². The molecule has 1 N–H and O–H groups in total. The highest BCUT2D eigenvalue weighted by Gasteiger charge is 1.97. The van der Waals surface area contributed by atoms with Crippen LogP contribution in [0.4, 0.5) is 0 Å². The summed E-state index contributed by atoms with van der Waals surface area (Å²) < 4.78 is 6.90. The summed E-state index contributed by atoms with van der Waals surface area (Å²) in [6, 6.07) is 8.46. The minimum atomic E-state index is 0.670. The Kier molecular flexibility index (Phi) is 4.50. The van der Waals surface area contributed by atoms with Crippen LogP contribution in [-0.4, -0.2) is 16.9 Å². The predicted octanol–water partition coefficient (Wildman–Crippen LogP) is 1.86. The monoisotopic (exact) mass is 245 g/mol. The van der Waals surface area contributed by atoms with Gasteiger partial charge >= 0.3 is 0 Å². The Morgan fingerprint density at radius 2 is 1.78 bits per heavy atom. The van der Waals surface area contributed by atoms with Gasteiger partial charge < -0.3 is 10.1 Å². The van der Waals surface area contributed by atoms with Crippen molar-refractivity contribution in [3.8, 4) is 0 Å². The van der Waals surface area contributed by atoms with Crippen LogP contribution in [0.25, 0.3) is 0 Å². The number of hydrogen-bond donors (Lipinski definition) is 1.